The van der Waals surface area contributed by atoms with Gasteiger partial charge in [-0.3, -0.25) is 9.59 Å². The van der Waals surface area contributed by atoms with Gasteiger partial charge >= 0.3 is 0 Å². The van der Waals surface area contributed by atoms with Crippen molar-refractivity contribution in [3.05, 3.63) is 29.3 Å². The smallest absolute Gasteiger partial charge is 0.260 e. The third-order valence-corrected chi connectivity index (χ3v) is 4.35. The van der Waals surface area contributed by atoms with Crippen LogP contribution in [0.3, 0.4) is 0 Å². The molecule has 1 aliphatic carbocycles. The summed E-state index contributed by atoms with van der Waals surface area (Å²) in [6.07, 6.45) is 5.86. The van der Waals surface area contributed by atoms with Crippen LogP contribution in [0.2, 0.25) is 0 Å². The second kappa shape index (κ2) is 6.29. The number of Topliss-reactive ketones (excluding diaryl/α,β-unsaturated/α-hetero) is 1. The van der Waals surface area contributed by atoms with E-state index in [2.05, 4.69) is 0 Å². The van der Waals surface area contributed by atoms with Gasteiger partial charge in [-0.15, -0.1) is 0 Å². The number of fused-ring (bicyclic) bond motifs is 1. The monoisotopic (exact) mass is 287 g/mol. The van der Waals surface area contributed by atoms with E-state index < -0.39 is 0 Å². The summed E-state index contributed by atoms with van der Waals surface area (Å²) in [6.45, 7) is 1.76. The van der Waals surface area contributed by atoms with Gasteiger partial charge in [-0.2, -0.15) is 0 Å². The quantitative estimate of drug-likeness (QED) is 0.858. The predicted octanol–water partition coefficient (Wildman–Crippen LogP) is 2.60. The van der Waals surface area contributed by atoms with Crippen LogP contribution in [0.5, 0.6) is 5.75 Å². The van der Waals surface area contributed by atoms with Gasteiger partial charge in [0.05, 0.1) is 0 Å². The Balaban J connectivity index is 1.63. The fourth-order valence-corrected chi connectivity index (χ4v) is 3.14. The molecule has 112 valence electrons. The zero-order chi connectivity index (χ0) is 14.7. The lowest BCUT2D eigenvalue weighted by molar-refractivity contribution is -0.133. The molecule has 0 unspecified atom stereocenters. The highest BCUT2D eigenvalue weighted by molar-refractivity contribution is 6.01. The molecule has 4 nitrogen and oxygen atoms in total. The van der Waals surface area contributed by atoms with Crippen LogP contribution >= 0.6 is 0 Å². The van der Waals surface area contributed by atoms with Gasteiger partial charge in [0.25, 0.3) is 5.91 Å². The van der Waals surface area contributed by atoms with Gasteiger partial charge in [0.1, 0.15) is 5.75 Å². The van der Waals surface area contributed by atoms with Crippen molar-refractivity contribution in [1.82, 2.24) is 4.90 Å². The van der Waals surface area contributed by atoms with Crippen LogP contribution in [0.15, 0.2) is 18.2 Å². The number of carbonyl (C=O) groups excluding carboxylic acids is 2. The molecular weight excluding hydrogens is 266 g/mol. The summed E-state index contributed by atoms with van der Waals surface area (Å²) in [7, 11) is 0. The van der Waals surface area contributed by atoms with Crippen LogP contribution in [0.1, 0.15) is 48.0 Å². The molecule has 0 atom stereocenters. The maximum absolute atomic E-state index is 12.2. The van der Waals surface area contributed by atoms with Crippen molar-refractivity contribution in [1.29, 1.82) is 0 Å². The van der Waals surface area contributed by atoms with Gasteiger partial charge < -0.3 is 9.64 Å². The van der Waals surface area contributed by atoms with E-state index in [9.17, 15) is 9.59 Å². The Morgan fingerprint density at radius 3 is 2.62 bits per heavy atom. The Labute approximate surface area is 125 Å². The van der Waals surface area contributed by atoms with Crippen LogP contribution in [0.25, 0.3) is 0 Å². The first-order valence-corrected chi connectivity index (χ1v) is 7.81. The molecule has 4 heteroatoms. The predicted molar refractivity (Wildman–Crippen MR) is 79.6 cm³/mol. The Morgan fingerprint density at radius 1 is 1.10 bits per heavy atom. The minimum atomic E-state index is 0.0545. The highest BCUT2D eigenvalue weighted by Crippen LogP contribution is 2.30. The van der Waals surface area contributed by atoms with Crippen LogP contribution in [-0.4, -0.2) is 36.3 Å². The number of amides is 1. The molecule has 1 amide bonds. The zero-order valence-electron chi connectivity index (χ0n) is 12.3. The average molecular weight is 287 g/mol. The SMILES string of the molecule is O=C1CCc2c(OCC(=O)N3CCCCCC3)cccc21. The molecule has 0 spiro atoms. The molecule has 1 saturated heterocycles. The van der Waals surface area contributed by atoms with Gasteiger partial charge in [0, 0.05) is 30.6 Å². The van der Waals surface area contributed by atoms with E-state index in [0.29, 0.717) is 12.2 Å². The molecule has 1 aromatic carbocycles. The van der Waals surface area contributed by atoms with Crippen LogP contribution in [0.4, 0.5) is 0 Å². The molecule has 21 heavy (non-hydrogen) atoms. The maximum atomic E-state index is 12.2. The Hall–Kier alpha value is -1.84. The van der Waals surface area contributed by atoms with Crippen molar-refractivity contribution in [3.63, 3.8) is 0 Å². The Morgan fingerprint density at radius 2 is 1.86 bits per heavy atom. The summed E-state index contributed by atoms with van der Waals surface area (Å²) in [6, 6.07) is 5.52. The summed E-state index contributed by atoms with van der Waals surface area (Å²) in [4.78, 5) is 25.8. The summed E-state index contributed by atoms with van der Waals surface area (Å²) in [5.74, 6) is 0.926. The van der Waals surface area contributed by atoms with E-state index in [1.165, 1.54) is 12.8 Å². The highest BCUT2D eigenvalue weighted by Gasteiger charge is 2.23. The summed E-state index contributed by atoms with van der Waals surface area (Å²) >= 11 is 0. The average Bonchev–Trinajstić information content (AvgIpc) is 2.73. The zero-order valence-corrected chi connectivity index (χ0v) is 12.3. The summed E-state index contributed by atoms with van der Waals surface area (Å²) in [5, 5.41) is 0. The number of ether oxygens (including phenoxy) is 1. The first-order chi connectivity index (χ1) is 10.3. The fourth-order valence-electron chi connectivity index (χ4n) is 3.14. The number of ketones is 1. The Kier molecular flexibility index (Phi) is 4.23. The molecule has 2 aliphatic rings. The minimum absolute atomic E-state index is 0.0545. The molecule has 0 aromatic heterocycles. The number of nitrogens with zero attached hydrogens (tertiary/aromatic N) is 1. The molecule has 1 fully saturated rings. The van der Waals surface area contributed by atoms with Gasteiger partial charge in [-0.25, -0.2) is 0 Å². The first-order valence-electron chi connectivity index (χ1n) is 7.81. The van der Waals surface area contributed by atoms with Gasteiger partial charge in [0.2, 0.25) is 0 Å². The van der Waals surface area contributed by atoms with Crippen molar-refractivity contribution >= 4 is 11.7 Å². The van der Waals surface area contributed by atoms with Crippen LogP contribution < -0.4 is 4.74 Å². The number of hydrogen-bond donors (Lipinski definition) is 0. The molecule has 3 rings (SSSR count). The number of likely N-dealkylation sites (tertiary alicyclic amines) is 1. The van der Waals surface area contributed by atoms with Gasteiger partial charge in [0.15, 0.2) is 12.4 Å². The topological polar surface area (TPSA) is 46.6 Å². The van der Waals surface area contributed by atoms with Gasteiger partial charge in [-0.05, 0) is 25.3 Å². The number of hydrogen-bond acceptors (Lipinski definition) is 3. The molecule has 0 N–H and O–H groups in total. The molecule has 1 aromatic rings. The van der Waals surface area contributed by atoms with Crippen molar-refractivity contribution in [2.75, 3.05) is 19.7 Å². The normalized spacial score (nSPS) is 18.3. The first kappa shape index (κ1) is 14.1. The van der Waals surface area contributed by atoms with Crippen LogP contribution in [-0.2, 0) is 11.2 Å². The van der Waals surface area contributed by atoms with Crippen molar-refractivity contribution in [2.45, 2.75) is 38.5 Å². The summed E-state index contributed by atoms with van der Waals surface area (Å²) in [5.41, 5.74) is 1.72. The molecule has 1 heterocycles. The van der Waals surface area contributed by atoms with Crippen molar-refractivity contribution in [3.8, 4) is 5.75 Å². The maximum Gasteiger partial charge on any atom is 0.260 e. The van der Waals surface area contributed by atoms with Crippen molar-refractivity contribution < 1.29 is 14.3 Å². The highest BCUT2D eigenvalue weighted by atomic mass is 16.5. The fraction of sp³-hybridized carbons (Fsp3) is 0.529. The Bertz CT molecular complexity index is 545. The number of rotatable bonds is 3. The van der Waals surface area contributed by atoms with E-state index in [4.69, 9.17) is 4.74 Å². The lowest BCUT2D eigenvalue weighted by Crippen LogP contribution is -2.35. The van der Waals surface area contributed by atoms with E-state index >= 15 is 0 Å². The summed E-state index contributed by atoms with van der Waals surface area (Å²) < 4.78 is 5.71. The molecule has 0 radical (unpaired) electrons. The second-order valence-electron chi connectivity index (χ2n) is 5.79. The van der Waals surface area contributed by atoms with Crippen LogP contribution in [0, 0.1) is 0 Å². The molecule has 1 aliphatic heterocycles. The van der Waals surface area contributed by atoms with E-state index in [1.54, 1.807) is 0 Å². The number of benzene rings is 1. The van der Waals surface area contributed by atoms with Gasteiger partial charge in [-0.1, -0.05) is 25.0 Å². The second-order valence-corrected chi connectivity index (χ2v) is 5.79. The third kappa shape index (κ3) is 3.09. The molecule has 0 saturated carbocycles. The lowest BCUT2D eigenvalue weighted by atomic mass is 10.1. The van der Waals surface area contributed by atoms with E-state index in [1.807, 2.05) is 23.1 Å². The standard InChI is InChI=1S/C17H21NO3/c19-15-9-8-14-13(15)6-5-7-16(14)21-12-17(20)18-10-3-1-2-4-11-18/h5-7H,1-4,8-12H2. The van der Waals surface area contributed by atoms with Crippen molar-refractivity contribution in [2.24, 2.45) is 0 Å². The third-order valence-electron chi connectivity index (χ3n) is 4.35. The van der Waals surface area contributed by atoms with E-state index in [0.717, 1.165) is 43.5 Å². The minimum Gasteiger partial charge on any atom is -0.483 e. The molecule has 0 bridgehead atoms. The largest absolute Gasteiger partial charge is 0.483 e. The lowest BCUT2D eigenvalue weighted by Gasteiger charge is -2.20. The number of carbonyl (C=O) groups is 2. The molecular formula is C17H21NO3. The van der Waals surface area contributed by atoms with E-state index in [-0.39, 0.29) is 18.3 Å².